The van der Waals surface area contributed by atoms with Crippen molar-refractivity contribution >= 4 is 40.5 Å². The topological polar surface area (TPSA) is 133 Å². The summed E-state index contributed by atoms with van der Waals surface area (Å²) >= 11 is 1.45. The van der Waals surface area contributed by atoms with E-state index in [2.05, 4.69) is 5.32 Å². The summed E-state index contributed by atoms with van der Waals surface area (Å²) in [4.78, 5) is 62.4. The third-order valence-corrected chi connectivity index (χ3v) is 6.21. The number of carbonyl (C=O) groups is 4. The number of fused-ring (bicyclic) bond motifs is 2. The predicted octanol–water partition coefficient (Wildman–Crippen LogP) is 3.47. The van der Waals surface area contributed by atoms with Gasteiger partial charge >= 0.3 is 5.97 Å². The maximum Gasteiger partial charge on any atom is 0.345 e. The third-order valence-electron chi connectivity index (χ3n) is 5.15. The number of esters is 1. The van der Waals surface area contributed by atoms with Crippen molar-refractivity contribution < 1.29 is 28.8 Å². The first-order valence-corrected chi connectivity index (χ1v) is 10.7. The molecule has 0 saturated heterocycles. The fourth-order valence-electron chi connectivity index (χ4n) is 3.62. The molecule has 1 N–H and O–H groups in total. The van der Waals surface area contributed by atoms with Gasteiger partial charge in [-0.15, -0.1) is 11.3 Å². The lowest BCUT2D eigenvalue weighted by molar-refractivity contribution is -0.385. The summed E-state index contributed by atoms with van der Waals surface area (Å²) in [6.07, 6.45) is 0. The SMILES string of the molecule is CC(NC(=O)COC(=O)c1ccc2c(c1[N+](=O)[O-])C(=O)c1ccccc1C2=O)c1cccs1. The van der Waals surface area contributed by atoms with E-state index >= 15 is 0 Å². The minimum atomic E-state index is -1.15. The number of ether oxygens (including phenoxy) is 1. The fourth-order valence-corrected chi connectivity index (χ4v) is 4.36. The van der Waals surface area contributed by atoms with Crippen LogP contribution in [0.1, 0.15) is 60.0 Å². The van der Waals surface area contributed by atoms with Gasteiger partial charge in [0.1, 0.15) is 11.1 Å². The van der Waals surface area contributed by atoms with Crippen LogP contribution in [0.4, 0.5) is 5.69 Å². The Morgan fingerprint density at radius 3 is 2.36 bits per heavy atom. The number of nitro benzene ring substituents is 1. The maximum absolute atomic E-state index is 13.0. The molecule has 3 aromatic rings. The Hall–Kier alpha value is -4.18. The summed E-state index contributed by atoms with van der Waals surface area (Å²) in [5.41, 5.74) is -1.81. The zero-order valence-electron chi connectivity index (χ0n) is 17.2. The number of amides is 1. The molecule has 2 aromatic carbocycles. The molecule has 0 aliphatic heterocycles. The molecular weight excluding hydrogens is 448 g/mol. The van der Waals surface area contributed by atoms with Gasteiger partial charge < -0.3 is 10.1 Å². The summed E-state index contributed by atoms with van der Waals surface area (Å²) in [6.45, 7) is 1.10. The van der Waals surface area contributed by atoms with Crippen molar-refractivity contribution in [1.82, 2.24) is 5.32 Å². The molecule has 0 fully saturated rings. The Kier molecular flexibility index (Phi) is 5.84. The van der Waals surface area contributed by atoms with E-state index in [1.807, 2.05) is 17.5 Å². The number of nitrogens with zero attached hydrogens (tertiary/aromatic N) is 1. The Morgan fingerprint density at radius 2 is 1.73 bits per heavy atom. The molecule has 1 aliphatic carbocycles. The largest absolute Gasteiger partial charge is 0.452 e. The van der Waals surface area contributed by atoms with E-state index in [4.69, 9.17) is 4.74 Å². The van der Waals surface area contributed by atoms with Gasteiger partial charge in [-0.1, -0.05) is 30.3 Å². The van der Waals surface area contributed by atoms with Gasteiger partial charge in [0.15, 0.2) is 12.4 Å². The van der Waals surface area contributed by atoms with Crippen LogP contribution < -0.4 is 5.32 Å². The minimum absolute atomic E-state index is 0.0190. The molecule has 1 heterocycles. The van der Waals surface area contributed by atoms with Crippen molar-refractivity contribution in [2.75, 3.05) is 6.61 Å². The number of thiophene rings is 1. The van der Waals surface area contributed by atoms with Crippen LogP contribution in [0.5, 0.6) is 0 Å². The van der Waals surface area contributed by atoms with Gasteiger partial charge in [0.05, 0.1) is 11.0 Å². The second-order valence-corrected chi connectivity index (χ2v) is 8.21. The number of carbonyl (C=O) groups excluding carboxylic acids is 4. The lowest BCUT2D eigenvalue weighted by Crippen LogP contribution is -2.31. The Bertz CT molecular complexity index is 1310. The first kappa shape index (κ1) is 22.0. The average Bonchev–Trinajstić information content (AvgIpc) is 3.35. The van der Waals surface area contributed by atoms with Crippen molar-refractivity contribution in [1.29, 1.82) is 0 Å². The van der Waals surface area contributed by atoms with E-state index in [0.717, 1.165) is 10.9 Å². The lowest BCUT2D eigenvalue weighted by atomic mass is 9.82. The highest BCUT2D eigenvalue weighted by Crippen LogP contribution is 2.35. The molecular formula is C23H16N2O7S. The quantitative estimate of drug-likeness (QED) is 0.262. The van der Waals surface area contributed by atoms with Crippen LogP contribution in [0.3, 0.4) is 0 Å². The van der Waals surface area contributed by atoms with Crippen LogP contribution >= 0.6 is 11.3 Å². The zero-order valence-corrected chi connectivity index (χ0v) is 18.0. The molecule has 0 saturated carbocycles. The third kappa shape index (κ3) is 4.03. The van der Waals surface area contributed by atoms with Crippen LogP contribution in [0, 0.1) is 10.1 Å². The standard InChI is InChI=1S/C23H16N2O7S/c1-12(17-7-4-10-33-17)24-18(26)11-32-23(29)16-9-8-15-19(20(16)25(30)31)22(28)14-6-3-2-5-13(14)21(15)27/h2-10,12H,11H2,1H3,(H,24,26). The predicted molar refractivity (Wildman–Crippen MR) is 118 cm³/mol. The number of rotatable bonds is 6. The van der Waals surface area contributed by atoms with Crippen molar-refractivity contribution in [3.8, 4) is 0 Å². The molecule has 1 atom stereocenters. The highest BCUT2D eigenvalue weighted by Gasteiger charge is 2.39. The summed E-state index contributed by atoms with van der Waals surface area (Å²) in [7, 11) is 0. The molecule has 0 bridgehead atoms. The van der Waals surface area contributed by atoms with Gasteiger partial charge in [-0.3, -0.25) is 24.5 Å². The molecule has 0 spiro atoms. The van der Waals surface area contributed by atoms with Gasteiger partial charge in [0, 0.05) is 21.6 Å². The van der Waals surface area contributed by atoms with Gasteiger partial charge in [-0.05, 0) is 30.5 Å². The van der Waals surface area contributed by atoms with Gasteiger partial charge in [-0.2, -0.15) is 0 Å². The Balaban J connectivity index is 1.59. The zero-order chi connectivity index (χ0) is 23.7. The summed E-state index contributed by atoms with van der Waals surface area (Å²) in [6, 6.07) is 11.6. The first-order chi connectivity index (χ1) is 15.8. The number of hydrogen-bond acceptors (Lipinski definition) is 8. The number of benzene rings is 2. The van der Waals surface area contributed by atoms with Gasteiger partial charge in [0.2, 0.25) is 5.78 Å². The highest BCUT2D eigenvalue weighted by molar-refractivity contribution is 7.10. The molecule has 33 heavy (non-hydrogen) atoms. The fraction of sp³-hybridized carbons (Fsp3) is 0.130. The van der Waals surface area contributed by atoms with E-state index in [0.29, 0.717) is 0 Å². The molecule has 9 nitrogen and oxygen atoms in total. The van der Waals surface area contributed by atoms with E-state index in [9.17, 15) is 29.3 Å². The molecule has 10 heteroatoms. The van der Waals surface area contributed by atoms with E-state index in [1.165, 1.54) is 35.6 Å². The van der Waals surface area contributed by atoms with E-state index < -0.39 is 51.8 Å². The molecule has 1 aromatic heterocycles. The normalized spacial score (nSPS) is 13.0. The van der Waals surface area contributed by atoms with Crippen molar-refractivity contribution in [2.24, 2.45) is 0 Å². The molecule has 1 aliphatic rings. The molecule has 0 radical (unpaired) electrons. The van der Waals surface area contributed by atoms with Crippen LogP contribution in [-0.4, -0.2) is 35.0 Å². The van der Waals surface area contributed by atoms with Gasteiger partial charge in [0.25, 0.3) is 11.6 Å². The van der Waals surface area contributed by atoms with Crippen molar-refractivity contribution in [2.45, 2.75) is 13.0 Å². The summed E-state index contributed by atoms with van der Waals surface area (Å²) in [5, 5.41) is 16.4. The van der Waals surface area contributed by atoms with Crippen LogP contribution in [0.2, 0.25) is 0 Å². The molecule has 1 amide bonds. The van der Waals surface area contributed by atoms with Crippen molar-refractivity contribution in [3.05, 3.63) is 96.7 Å². The number of nitro groups is 1. The number of hydrogen-bond donors (Lipinski definition) is 1. The van der Waals surface area contributed by atoms with E-state index in [1.54, 1.807) is 13.0 Å². The average molecular weight is 464 g/mol. The maximum atomic E-state index is 13.0. The molecule has 166 valence electrons. The van der Waals surface area contributed by atoms with Crippen LogP contribution in [0.25, 0.3) is 0 Å². The van der Waals surface area contributed by atoms with Gasteiger partial charge in [-0.25, -0.2) is 4.79 Å². The smallest absolute Gasteiger partial charge is 0.345 e. The highest BCUT2D eigenvalue weighted by atomic mass is 32.1. The molecule has 1 unspecified atom stereocenters. The van der Waals surface area contributed by atoms with Crippen LogP contribution in [-0.2, 0) is 9.53 Å². The number of ketones is 2. The minimum Gasteiger partial charge on any atom is -0.452 e. The second-order valence-electron chi connectivity index (χ2n) is 7.23. The first-order valence-electron chi connectivity index (χ1n) is 9.79. The second kappa shape index (κ2) is 8.75. The Labute approximate surface area is 191 Å². The Morgan fingerprint density at radius 1 is 1.03 bits per heavy atom. The lowest BCUT2D eigenvalue weighted by Gasteiger charge is -2.18. The molecule has 4 rings (SSSR count). The monoisotopic (exact) mass is 464 g/mol. The summed E-state index contributed by atoms with van der Waals surface area (Å²) < 4.78 is 4.97. The van der Waals surface area contributed by atoms with Crippen LogP contribution in [0.15, 0.2) is 53.9 Å². The van der Waals surface area contributed by atoms with Crippen molar-refractivity contribution in [3.63, 3.8) is 0 Å². The summed E-state index contributed by atoms with van der Waals surface area (Å²) in [5.74, 6) is -3.03. The number of nitrogens with one attached hydrogen (secondary N) is 1. The van der Waals surface area contributed by atoms with E-state index in [-0.39, 0.29) is 22.7 Å².